The molecule has 7 rings (SSSR count). The van der Waals surface area contributed by atoms with Gasteiger partial charge in [-0.15, -0.1) is 5.10 Å². The number of hydrogen-bond donors (Lipinski definition) is 0. The van der Waals surface area contributed by atoms with Gasteiger partial charge in [0.2, 0.25) is 0 Å². The van der Waals surface area contributed by atoms with Crippen LogP contribution >= 0.6 is 11.6 Å². The zero-order chi connectivity index (χ0) is 33.6. The monoisotopic (exact) mass is 659 g/mol. The fraction of sp³-hybridized carbons (Fsp3) is 0.163. The Hall–Kier alpha value is -5.39. The van der Waals surface area contributed by atoms with Gasteiger partial charge < -0.3 is 0 Å². The fourth-order valence-corrected chi connectivity index (χ4v) is 7.20. The zero-order valence-corrected chi connectivity index (χ0v) is 28.6. The van der Waals surface area contributed by atoms with Crippen molar-refractivity contribution in [3.63, 3.8) is 0 Å². The first-order valence-corrected chi connectivity index (χ1v) is 17.3. The van der Waals surface area contributed by atoms with E-state index in [1.165, 1.54) is 16.7 Å². The SMILES string of the molecule is CCCCc1nc(Cl)cc(C)c1Cc1ccc(-c2ccccc2-c2nnnn2C(c2ccccc2)(c2ccccc2)c2ccccc2)cc1. The molecule has 7 aromatic rings. The van der Waals surface area contributed by atoms with Crippen LogP contribution in [-0.2, 0) is 18.4 Å². The number of aromatic nitrogens is 5. The molecule has 0 aliphatic heterocycles. The van der Waals surface area contributed by atoms with Crippen LogP contribution in [-0.4, -0.2) is 25.2 Å². The van der Waals surface area contributed by atoms with Gasteiger partial charge in [-0.1, -0.05) is 164 Å². The summed E-state index contributed by atoms with van der Waals surface area (Å²) < 4.78 is 1.99. The number of nitrogens with zero attached hydrogens (tertiary/aromatic N) is 5. The first kappa shape index (κ1) is 32.2. The summed E-state index contributed by atoms with van der Waals surface area (Å²) >= 11 is 6.37. The van der Waals surface area contributed by atoms with Gasteiger partial charge in [0.25, 0.3) is 0 Å². The molecule has 0 fully saturated rings. The van der Waals surface area contributed by atoms with Crippen LogP contribution in [0.2, 0.25) is 5.15 Å². The first-order chi connectivity index (χ1) is 24.1. The molecule has 0 atom stereocenters. The second-order valence-electron chi connectivity index (χ2n) is 12.4. The number of halogens is 1. The molecule has 0 saturated heterocycles. The van der Waals surface area contributed by atoms with Crippen molar-refractivity contribution in [3.05, 3.63) is 190 Å². The van der Waals surface area contributed by atoms with E-state index < -0.39 is 5.54 Å². The summed E-state index contributed by atoms with van der Waals surface area (Å²) in [6.07, 6.45) is 3.95. The zero-order valence-electron chi connectivity index (χ0n) is 27.8. The van der Waals surface area contributed by atoms with Gasteiger partial charge in [0, 0.05) is 11.3 Å². The van der Waals surface area contributed by atoms with E-state index in [9.17, 15) is 0 Å². The van der Waals surface area contributed by atoms with E-state index in [-0.39, 0.29) is 0 Å². The molecule has 5 aromatic carbocycles. The van der Waals surface area contributed by atoms with Crippen molar-refractivity contribution >= 4 is 11.6 Å². The quantitative estimate of drug-likeness (QED) is 0.102. The summed E-state index contributed by atoms with van der Waals surface area (Å²) in [5.41, 5.74) is 10.2. The summed E-state index contributed by atoms with van der Waals surface area (Å²) in [7, 11) is 0. The molecule has 2 aromatic heterocycles. The topological polar surface area (TPSA) is 56.5 Å². The number of unbranched alkanes of at least 4 members (excludes halogenated alkanes) is 1. The van der Waals surface area contributed by atoms with E-state index in [0.29, 0.717) is 11.0 Å². The number of pyridine rings is 1. The molecule has 0 bridgehead atoms. The highest BCUT2D eigenvalue weighted by molar-refractivity contribution is 6.29. The van der Waals surface area contributed by atoms with Crippen molar-refractivity contribution < 1.29 is 0 Å². The highest BCUT2D eigenvalue weighted by Crippen LogP contribution is 2.43. The molecular formula is C43H38ClN5. The summed E-state index contributed by atoms with van der Waals surface area (Å²) in [5, 5.41) is 14.4. The Labute approximate surface area is 293 Å². The minimum Gasteiger partial charge on any atom is -0.241 e. The third-order valence-electron chi connectivity index (χ3n) is 9.34. The molecule has 2 heterocycles. The molecule has 49 heavy (non-hydrogen) atoms. The molecule has 0 aliphatic carbocycles. The predicted molar refractivity (Wildman–Crippen MR) is 199 cm³/mol. The molecule has 0 amide bonds. The molecular weight excluding hydrogens is 622 g/mol. The van der Waals surface area contributed by atoms with Gasteiger partial charge in [0.1, 0.15) is 10.7 Å². The number of rotatable bonds is 11. The second-order valence-corrected chi connectivity index (χ2v) is 12.8. The molecule has 0 aliphatic rings. The molecule has 5 nitrogen and oxygen atoms in total. The lowest BCUT2D eigenvalue weighted by Gasteiger charge is -2.36. The fourth-order valence-electron chi connectivity index (χ4n) is 6.94. The summed E-state index contributed by atoms with van der Waals surface area (Å²) in [4.78, 5) is 4.71. The minimum atomic E-state index is -0.834. The number of tetrazole rings is 1. The van der Waals surface area contributed by atoms with Crippen LogP contribution in [0, 0.1) is 6.92 Å². The van der Waals surface area contributed by atoms with Gasteiger partial charge >= 0.3 is 0 Å². The van der Waals surface area contributed by atoms with Crippen molar-refractivity contribution in [1.82, 2.24) is 25.2 Å². The Morgan fingerprint density at radius 1 is 0.673 bits per heavy atom. The average Bonchev–Trinajstić information content (AvgIpc) is 3.64. The van der Waals surface area contributed by atoms with E-state index in [1.54, 1.807) is 0 Å². The predicted octanol–water partition coefficient (Wildman–Crippen LogP) is 10.1. The Kier molecular flexibility index (Phi) is 9.45. The van der Waals surface area contributed by atoms with Gasteiger partial charge in [0.05, 0.1) is 0 Å². The van der Waals surface area contributed by atoms with E-state index in [4.69, 9.17) is 26.9 Å². The maximum atomic E-state index is 6.37. The number of benzene rings is 5. The largest absolute Gasteiger partial charge is 0.241 e. The molecule has 0 spiro atoms. The summed E-state index contributed by atoms with van der Waals surface area (Å²) in [6, 6.07) is 50.7. The van der Waals surface area contributed by atoms with Crippen LogP contribution < -0.4 is 0 Å². The van der Waals surface area contributed by atoms with Gasteiger partial charge in [-0.2, -0.15) is 0 Å². The number of aryl methyl sites for hydroxylation is 2. The van der Waals surface area contributed by atoms with E-state index in [0.717, 1.165) is 64.8 Å². The number of hydrogen-bond acceptors (Lipinski definition) is 4. The lowest BCUT2D eigenvalue weighted by molar-refractivity contribution is 0.451. The summed E-state index contributed by atoms with van der Waals surface area (Å²) in [6.45, 7) is 4.34. The normalized spacial score (nSPS) is 11.5. The van der Waals surface area contributed by atoms with Crippen LogP contribution in [0.1, 0.15) is 58.8 Å². The van der Waals surface area contributed by atoms with Crippen LogP contribution in [0.4, 0.5) is 0 Å². The Balaban J connectivity index is 1.33. The Bertz CT molecular complexity index is 2050. The van der Waals surface area contributed by atoms with Crippen LogP contribution in [0.3, 0.4) is 0 Å². The standard InChI is InChI=1S/C43H38ClN5/c1-3-4-24-40-39(31(2)29-41(44)45-40)30-32-25-27-33(28-26-32)37-22-14-15-23-38(37)42-46-47-48-49(42)43(34-16-8-5-9-17-34,35-18-10-6-11-19-35)36-20-12-7-13-21-36/h5-23,25-29H,3-4,24,30H2,1-2H3. The van der Waals surface area contributed by atoms with Gasteiger partial charge in [0.15, 0.2) is 5.82 Å². The third-order valence-corrected chi connectivity index (χ3v) is 9.54. The molecule has 0 radical (unpaired) electrons. The third kappa shape index (κ3) is 6.30. The van der Waals surface area contributed by atoms with Crippen molar-refractivity contribution in [2.45, 2.75) is 45.1 Å². The van der Waals surface area contributed by atoms with E-state index in [2.05, 4.69) is 140 Å². The lowest BCUT2D eigenvalue weighted by atomic mass is 9.77. The van der Waals surface area contributed by atoms with Crippen molar-refractivity contribution in [2.24, 2.45) is 0 Å². The highest BCUT2D eigenvalue weighted by atomic mass is 35.5. The lowest BCUT2D eigenvalue weighted by Crippen LogP contribution is -2.39. The van der Waals surface area contributed by atoms with Crippen molar-refractivity contribution in [1.29, 1.82) is 0 Å². The molecule has 0 saturated carbocycles. The Morgan fingerprint density at radius 3 is 1.80 bits per heavy atom. The molecule has 6 heteroatoms. The van der Waals surface area contributed by atoms with E-state index in [1.807, 2.05) is 28.9 Å². The maximum absolute atomic E-state index is 6.37. The molecule has 0 N–H and O–H groups in total. The summed E-state index contributed by atoms with van der Waals surface area (Å²) in [5.74, 6) is 0.680. The second kappa shape index (κ2) is 14.4. The highest BCUT2D eigenvalue weighted by Gasteiger charge is 2.42. The van der Waals surface area contributed by atoms with Crippen LogP contribution in [0.25, 0.3) is 22.5 Å². The van der Waals surface area contributed by atoms with Gasteiger partial charge in [-0.05, 0) is 87.2 Å². The maximum Gasteiger partial charge on any atom is 0.184 e. The van der Waals surface area contributed by atoms with Crippen molar-refractivity contribution in [3.8, 4) is 22.5 Å². The average molecular weight is 660 g/mol. The van der Waals surface area contributed by atoms with Gasteiger partial charge in [-0.3, -0.25) is 0 Å². The van der Waals surface area contributed by atoms with Crippen molar-refractivity contribution in [2.75, 3.05) is 0 Å². The molecule has 242 valence electrons. The molecule has 0 unspecified atom stereocenters. The van der Waals surface area contributed by atoms with E-state index >= 15 is 0 Å². The minimum absolute atomic E-state index is 0.567. The first-order valence-electron chi connectivity index (χ1n) is 16.9. The Morgan fingerprint density at radius 2 is 1.22 bits per heavy atom. The van der Waals surface area contributed by atoms with Crippen LogP contribution in [0.15, 0.2) is 146 Å². The van der Waals surface area contributed by atoms with Gasteiger partial charge in [-0.25, -0.2) is 9.67 Å². The smallest absolute Gasteiger partial charge is 0.184 e. The van der Waals surface area contributed by atoms with Crippen LogP contribution in [0.5, 0.6) is 0 Å².